The zero-order valence-electron chi connectivity index (χ0n) is 11.4. The second-order valence-corrected chi connectivity index (χ2v) is 4.17. The number of nitrogens with zero attached hydrogens (tertiary/aromatic N) is 2. The van der Waals surface area contributed by atoms with Crippen LogP contribution in [0.25, 0.3) is 0 Å². The summed E-state index contributed by atoms with van der Waals surface area (Å²) in [7, 11) is 1.29. The Morgan fingerprint density at radius 2 is 2.25 bits per heavy atom. The molecular formula is C14H16FN3O2. The van der Waals surface area contributed by atoms with Crippen LogP contribution in [-0.2, 0) is 17.8 Å². The Balaban J connectivity index is 2.20. The highest BCUT2D eigenvalue weighted by atomic mass is 19.1. The zero-order valence-corrected chi connectivity index (χ0v) is 11.4. The monoisotopic (exact) mass is 277 g/mol. The summed E-state index contributed by atoms with van der Waals surface area (Å²) >= 11 is 0. The second kappa shape index (κ2) is 6.18. The Morgan fingerprint density at radius 3 is 2.95 bits per heavy atom. The van der Waals surface area contributed by atoms with E-state index in [1.54, 1.807) is 6.20 Å². The molecule has 0 radical (unpaired) electrons. The van der Waals surface area contributed by atoms with E-state index in [0.29, 0.717) is 17.8 Å². The van der Waals surface area contributed by atoms with Gasteiger partial charge in [-0.15, -0.1) is 0 Å². The van der Waals surface area contributed by atoms with Crippen LogP contribution in [-0.4, -0.2) is 22.9 Å². The maximum absolute atomic E-state index is 13.3. The number of hydrogen-bond donors (Lipinski definition) is 1. The first-order valence-electron chi connectivity index (χ1n) is 6.28. The first-order chi connectivity index (χ1) is 9.65. The van der Waals surface area contributed by atoms with E-state index in [0.717, 1.165) is 12.2 Å². The molecule has 0 spiro atoms. The van der Waals surface area contributed by atoms with Crippen LogP contribution >= 0.6 is 0 Å². The standard InChI is InChI=1S/C14H16FN3O2/c1-3-18-11(6-7-17-18)9-16-13-8-10(15)4-5-12(13)14(19)20-2/h4-8,16H,3,9H2,1-2H3. The molecule has 0 aliphatic rings. The molecule has 1 aromatic heterocycles. The van der Waals surface area contributed by atoms with Crippen molar-refractivity contribution in [2.45, 2.75) is 20.0 Å². The van der Waals surface area contributed by atoms with Crippen molar-refractivity contribution in [2.24, 2.45) is 0 Å². The van der Waals surface area contributed by atoms with E-state index in [2.05, 4.69) is 15.2 Å². The molecule has 1 heterocycles. The van der Waals surface area contributed by atoms with Crippen molar-refractivity contribution in [3.63, 3.8) is 0 Å². The van der Waals surface area contributed by atoms with E-state index >= 15 is 0 Å². The van der Waals surface area contributed by atoms with Gasteiger partial charge in [0.1, 0.15) is 5.82 Å². The highest BCUT2D eigenvalue weighted by Crippen LogP contribution is 2.19. The van der Waals surface area contributed by atoms with Crippen molar-refractivity contribution in [3.8, 4) is 0 Å². The summed E-state index contributed by atoms with van der Waals surface area (Å²) in [6.07, 6.45) is 1.70. The Kier molecular flexibility index (Phi) is 4.34. The minimum atomic E-state index is -0.503. The third-order valence-electron chi connectivity index (χ3n) is 2.95. The van der Waals surface area contributed by atoms with Crippen molar-refractivity contribution in [3.05, 3.63) is 47.5 Å². The SMILES string of the molecule is CCn1nccc1CNc1cc(F)ccc1C(=O)OC. The average Bonchev–Trinajstić information content (AvgIpc) is 2.91. The van der Waals surface area contributed by atoms with Crippen LogP contribution in [0.5, 0.6) is 0 Å². The number of aromatic nitrogens is 2. The number of carbonyl (C=O) groups excluding carboxylic acids is 1. The predicted molar refractivity (Wildman–Crippen MR) is 73.0 cm³/mol. The lowest BCUT2D eigenvalue weighted by Crippen LogP contribution is -2.11. The smallest absolute Gasteiger partial charge is 0.339 e. The summed E-state index contributed by atoms with van der Waals surface area (Å²) < 4.78 is 19.8. The molecule has 0 fully saturated rings. The summed E-state index contributed by atoms with van der Waals surface area (Å²) in [6.45, 7) is 3.18. The zero-order chi connectivity index (χ0) is 14.5. The summed E-state index contributed by atoms with van der Waals surface area (Å²) in [5, 5.41) is 7.19. The Bertz CT molecular complexity index is 610. The number of esters is 1. The van der Waals surface area contributed by atoms with Crippen LogP contribution < -0.4 is 5.32 Å². The minimum absolute atomic E-state index is 0.302. The van der Waals surface area contributed by atoms with Crippen LogP contribution in [0.2, 0.25) is 0 Å². The number of halogens is 1. The van der Waals surface area contributed by atoms with E-state index in [-0.39, 0.29) is 0 Å². The molecule has 6 heteroatoms. The predicted octanol–water partition coefficient (Wildman–Crippen LogP) is 2.44. The van der Waals surface area contributed by atoms with Crippen molar-refractivity contribution in [1.29, 1.82) is 0 Å². The van der Waals surface area contributed by atoms with Gasteiger partial charge in [-0.3, -0.25) is 4.68 Å². The molecular weight excluding hydrogens is 261 g/mol. The molecule has 2 rings (SSSR count). The number of ether oxygens (including phenoxy) is 1. The van der Waals surface area contributed by atoms with E-state index in [9.17, 15) is 9.18 Å². The third kappa shape index (κ3) is 2.96. The minimum Gasteiger partial charge on any atom is -0.465 e. The Morgan fingerprint density at radius 1 is 1.45 bits per heavy atom. The van der Waals surface area contributed by atoms with E-state index in [1.165, 1.54) is 25.3 Å². The van der Waals surface area contributed by atoms with Gasteiger partial charge in [0.25, 0.3) is 0 Å². The molecule has 0 atom stereocenters. The fraction of sp³-hybridized carbons (Fsp3) is 0.286. The first-order valence-corrected chi connectivity index (χ1v) is 6.28. The van der Waals surface area contributed by atoms with Gasteiger partial charge >= 0.3 is 5.97 Å². The van der Waals surface area contributed by atoms with Gasteiger partial charge in [-0.05, 0) is 31.2 Å². The molecule has 106 valence electrons. The van der Waals surface area contributed by atoms with Crippen molar-refractivity contribution < 1.29 is 13.9 Å². The highest BCUT2D eigenvalue weighted by Gasteiger charge is 2.13. The number of aryl methyl sites for hydroxylation is 1. The maximum Gasteiger partial charge on any atom is 0.339 e. The van der Waals surface area contributed by atoms with Crippen LogP contribution in [0, 0.1) is 5.82 Å². The largest absolute Gasteiger partial charge is 0.465 e. The quantitative estimate of drug-likeness (QED) is 0.853. The molecule has 0 bridgehead atoms. The first kappa shape index (κ1) is 14.0. The number of nitrogens with one attached hydrogen (secondary N) is 1. The normalized spacial score (nSPS) is 10.3. The van der Waals surface area contributed by atoms with E-state index < -0.39 is 11.8 Å². The molecule has 0 amide bonds. The topological polar surface area (TPSA) is 56.2 Å². The second-order valence-electron chi connectivity index (χ2n) is 4.17. The van der Waals surface area contributed by atoms with Gasteiger partial charge in [0.15, 0.2) is 0 Å². The van der Waals surface area contributed by atoms with Gasteiger partial charge < -0.3 is 10.1 Å². The number of hydrogen-bond acceptors (Lipinski definition) is 4. The maximum atomic E-state index is 13.3. The molecule has 0 saturated carbocycles. The van der Waals surface area contributed by atoms with E-state index in [1.807, 2.05) is 17.7 Å². The van der Waals surface area contributed by atoms with Gasteiger partial charge in [0, 0.05) is 12.7 Å². The van der Waals surface area contributed by atoms with Crippen LogP contribution in [0.15, 0.2) is 30.5 Å². The van der Waals surface area contributed by atoms with E-state index in [4.69, 9.17) is 0 Å². The number of carbonyl (C=O) groups is 1. The number of rotatable bonds is 5. The van der Waals surface area contributed by atoms with Gasteiger partial charge in [0.2, 0.25) is 0 Å². The Labute approximate surface area is 116 Å². The van der Waals surface area contributed by atoms with Crippen LogP contribution in [0.1, 0.15) is 23.0 Å². The fourth-order valence-electron chi connectivity index (χ4n) is 1.93. The summed E-state index contributed by atoms with van der Waals surface area (Å²) in [5.74, 6) is -0.916. The van der Waals surface area contributed by atoms with Crippen LogP contribution in [0.3, 0.4) is 0 Å². The number of benzene rings is 1. The summed E-state index contributed by atoms with van der Waals surface area (Å²) in [6, 6.07) is 5.78. The van der Waals surface area contributed by atoms with Crippen molar-refractivity contribution in [1.82, 2.24) is 9.78 Å². The molecule has 2 aromatic rings. The summed E-state index contributed by atoms with van der Waals surface area (Å²) in [4.78, 5) is 11.6. The molecule has 0 saturated heterocycles. The number of anilines is 1. The van der Waals surface area contributed by atoms with Gasteiger partial charge in [-0.1, -0.05) is 0 Å². The molecule has 1 aromatic carbocycles. The van der Waals surface area contributed by atoms with Crippen molar-refractivity contribution in [2.75, 3.05) is 12.4 Å². The lowest BCUT2D eigenvalue weighted by atomic mass is 10.1. The van der Waals surface area contributed by atoms with Crippen LogP contribution in [0.4, 0.5) is 10.1 Å². The lowest BCUT2D eigenvalue weighted by molar-refractivity contribution is 0.0602. The Hall–Kier alpha value is -2.37. The summed E-state index contributed by atoms with van der Waals surface area (Å²) in [5.41, 5.74) is 1.66. The molecule has 5 nitrogen and oxygen atoms in total. The fourth-order valence-corrected chi connectivity index (χ4v) is 1.93. The number of methoxy groups -OCH3 is 1. The van der Waals surface area contributed by atoms with Gasteiger partial charge in [0.05, 0.1) is 30.6 Å². The van der Waals surface area contributed by atoms with Crippen molar-refractivity contribution >= 4 is 11.7 Å². The molecule has 20 heavy (non-hydrogen) atoms. The highest BCUT2D eigenvalue weighted by molar-refractivity contribution is 5.95. The molecule has 0 unspecified atom stereocenters. The lowest BCUT2D eigenvalue weighted by Gasteiger charge is -2.11. The molecule has 0 aliphatic heterocycles. The van der Waals surface area contributed by atoms with Gasteiger partial charge in [-0.25, -0.2) is 9.18 Å². The molecule has 1 N–H and O–H groups in total. The van der Waals surface area contributed by atoms with Gasteiger partial charge in [-0.2, -0.15) is 5.10 Å². The molecule has 0 aliphatic carbocycles. The average molecular weight is 277 g/mol. The third-order valence-corrected chi connectivity index (χ3v) is 2.95.